The Morgan fingerprint density at radius 2 is 2.05 bits per heavy atom. The number of halogens is 1. The number of nitrogens with zero attached hydrogens (tertiary/aromatic N) is 3. The van der Waals surface area contributed by atoms with Crippen LogP contribution in [0.25, 0.3) is 11.0 Å². The summed E-state index contributed by atoms with van der Waals surface area (Å²) in [5, 5.41) is 0. The van der Waals surface area contributed by atoms with Gasteiger partial charge in [0.15, 0.2) is 0 Å². The number of aromatic nitrogens is 3. The number of pyridine rings is 1. The van der Waals surface area contributed by atoms with E-state index >= 15 is 0 Å². The summed E-state index contributed by atoms with van der Waals surface area (Å²) in [6.07, 6.45) is 3.72. The molecule has 0 spiro atoms. The number of hydrogen-bond donors (Lipinski definition) is 0. The van der Waals surface area contributed by atoms with E-state index in [1.165, 1.54) is 11.1 Å². The maximum Gasteiger partial charge on any atom is 0.125 e. The number of para-hydroxylation sites is 2. The molecule has 0 bridgehead atoms. The highest BCUT2D eigenvalue weighted by atomic mass is 35.5. The molecule has 0 saturated heterocycles. The number of alkyl halides is 1. The molecule has 4 heteroatoms. The highest BCUT2D eigenvalue weighted by Gasteiger charge is 2.10. The van der Waals surface area contributed by atoms with E-state index in [0.29, 0.717) is 5.88 Å². The van der Waals surface area contributed by atoms with Crippen LogP contribution in [0.15, 0.2) is 42.7 Å². The lowest BCUT2D eigenvalue weighted by Gasteiger charge is -2.09. The minimum atomic E-state index is 0.411. The molecule has 0 N–H and O–H groups in total. The number of fused-ring (bicyclic) bond motifs is 1. The van der Waals surface area contributed by atoms with Crippen LogP contribution in [0, 0.1) is 6.92 Å². The summed E-state index contributed by atoms with van der Waals surface area (Å²) in [5.41, 5.74) is 4.52. The number of rotatable bonds is 3. The molecule has 2 heterocycles. The van der Waals surface area contributed by atoms with Gasteiger partial charge in [0.2, 0.25) is 0 Å². The molecule has 3 aromatic rings. The fourth-order valence-corrected chi connectivity index (χ4v) is 2.44. The third-order valence-corrected chi connectivity index (χ3v) is 3.57. The monoisotopic (exact) mass is 271 g/mol. The van der Waals surface area contributed by atoms with Crippen LogP contribution >= 0.6 is 11.6 Å². The zero-order valence-electron chi connectivity index (χ0n) is 10.7. The molecule has 0 saturated carbocycles. The van der Waals surface area contributed by atoms with Crippen molar-refractivity contribution in [1.29, 1.82) is 0 Å². The van der Waals surface area contributed by atoms with Gasteiger partial charge >= 0.3 is 0 Å². The summed E-state index contributed by atoms with van der Waals surface area (Å²) >= 11 is 6.01. The first-order valence-electron chi connectivity index (χ1n) is 6.19. The molecule has 1 aromatic carbocycles. The second kappa shape index (κ2) is 5.02. The van der Waals surface area contributed by atoms with E-state index in [2.05, 4.69) is 27.5 Å². The number of benzene rings is 1. The van der Waals surface area contributed by atoms with Gasteiger partial charge < -0.3 is 4.57 Å². The Morgan fingerprint density at radius 1 is 1.21 bits per heavy atom. The van der Waals surface area contributed by atoms with Crippen LogP contribution < -0.4 is 0 Å². The van der Waals surface area contributed by atoms with E-state index in [-0.39, 0.29) is 0 Å². The highest BCUT2D eigenvalue weighted by Crippen LogP contribution is 2.19. The topological polar surface area (TPSA) is 30.7 Å². The van der Waals surface area contributed by atoms with Gasteiger partial charge in [-0.2, -0.15) is 0 Å². The normalized spacial score (nSPS) is 11.1. The highest BCUT2D eigenvalue weighted by molar-refractivity contribution is 6.16. The lowest BCUT2D eigenvalue weighted by Crippen LogP contribution is -2.05. The molecule has 0 aliphatic rings. The number of aryl methyl sites for hydroxylation is 1. The van der Waals surface area contributed by atoms with Crippen molar-refractivity contribution in [2.45, 2.75) is 19.3 Å². The van der Waals surface area contributed by atoms with Gasteiger partial charge in [-0.3, -0.25) is 4.98 Å². The van der Waals surface area contributed by atoms with Gasteiger partial charge in [-0.1, -0.05) is 12.1 Å². The zero-order valence-corrected chi connectivity index (χ0v) is 11.4. The molecular weight excluding hydrogens is 258 g/mol. The van der Waals surface area contributed by atoms with Gasteiger partial charge in [0.05, 0.1) is 23.5 Å². The van der Waals surface area contributed by atoms with Crippen molar-refractivity contribution < 1.29 is 0 Å². The van der Waals surface area contributed by atoms with Gasteiger partial charge in [-0.25, -0.2) is 4.98 Å². The first-order chi connectivity index (χ1) is 9.29. The first kappa shape index (κ1) is 12.2. The van der Waals surface area contributed by atoms with E-state index in [4.69, 9.17) is 11.6 Å². The number of imidazole rings is 1. The van der Waals surface area contributed by atoms with E-state index < -0.39 is 0 Å². The molecule has 3 nitrogen and oxygen atoms in total. The predicted molar refractivity (Wildman–Crippen MR) is 77.4 cm³/mol. The SMILES string of the molecule is Cc1ccncc1Cn1c(CCl)nc2ccccc21. The minimum absolute atomic E-state index is 0.411. The molecule has 2 aromatic heterocycles. The van der Waals surface area contributed by atoms with Crippen molar-refractivity contribution >= 4 is 22.6 Å². The lowest BCUT2D eigenvalue weighted by atomic mass is 10.1. The van der Waals surface area contributed by atoms with Gasteiger partial charge in [0.25, 0.3) is 0 Å². The van der Waals surface area contributed by atoms with Crippen LogP contribution in [0.3, 0.4) is 0 Å². The average molecular weight is 272 g/mol. The Balaban J connectivity index is 2.12. The van der Waals surface area contributed by atoms with Gasteiger partial charge in [0.1, 0.15) is 5.82 Å². The summed E-state index contributed by atoms with van der Waals surface area (Å²) in [6, 6.07) is 10.1. The fraction of sp³-hybridized carbons (Fsp3) is 0.200. The summed E-state index contributed by atoms with van der Waals surface area (Å²) in [7, 11) is 0. The quantitative estimate of drug-likeness (QED) is 0.683. The molecule has 0 aliphatic carbocycles. The molecule has 0 unspecified atom stereocenters. The van der Waals surface area contributed by atoms with Crippen molar-refractivity contribution in [3.63, 3.8) is 0 Å². The molecule has 3 rings (SSSR count). The molecule has 0 radical (unpaired) electrons. The molecule has 0 fully saturated rings. The van der Waals surface area contributed by atoms with Crippen LogP contribution in [-0.2, 0) is 12.4 Å². The van der Waals surface area contributed by atoms with Crippen LogP contribution in [-0.4, -0.2) is 14.5 Å². The van der Waals surface area contributed by atoms with Crippen molar-refractivity contribution in [3.8, 4) is 0 Å². The summed E-state index contributed by atoms with van der Waals surface area (Å²) in [4.78, 5) is 8.76. The van der Waals surface area contributed by atoms with Gasteiger partial charge in [-0.15, -0.1) is 11.6 Å². The molecule has 0 aliphatic heterocycles. The lowest BCUT2D eigenvalue weighted by molar-refractivity contribution is 0.771. The summed E-state index contributed by atoms with van der Waals surface area (Å²) in [6.45, 7) is 2.85. The summed E-state index contributed by atoms with van der Waals surface area (Å²) < 4.78 is 2.16. The van der Waals surface area contributed by atoms with E-state index in [1.807, 2.05) is 36.7 Å². The van der Waals surface area contributed by atoms with E-state index in [1.54, 1.807) is 0 Å². The van der Waals surface area contributed by atoms with Gasteiger partial charge in [0, 0.05) is 12.4 Å². The number of hydrogen-bond acceptors (Lipinski definition) is 2. The summed E-state index contributed by atoms with van der Waals surface area (Å²) in [5.74, 6) is 1.31. The fourth-order valence-electron chi connectivity index (χ4n) is 2.24. The van der Waals surface area contributed by atoms with Crippen molar-refractivity contribution in [2.24, 2.45) is 0 Å². The minimum Gasteiger partial charge on any atom is -0.322 e. The Kier molecular flexibility index (Phi) is 3.22. The smallest absolute Gasteiger partial charge is 0.125 e. The first-order valence-corrected chi connectivity index (χ1v) is 6.72. The van der Waals surface area contributed by atoms with E-state index in [9.17, 15) is 0 Å². The largest absolute Gasteiger partial charge is 0.322 e. The second-order valence-electron chi connectivity index (χ2n) is 4.54. The van der Waals surface area contributed by atoms with Gasteiger partial charge in [-0.05, 0) is 36.2 Å². The van der Waals surface area contributed by atoms with Crippen molar-refractivity contribution in [1.82, 2.24) is 14.5 Å². The maximum absolute atomic E-state index is 6.01. The molecule has 0 atom stereocenters. The Morgan fingerprint density at radius 3 is 2.84 bits per heavy atom. The maximum atomic E-state index is 6.01. The molecule has 19 heavy (non-hydrogen) atoms. The second-order valence-corrected chi connectivity index (χ2v) is 4.81. The standard InChI is InChI=1S/C15H14ClN3/c1-11-6-7-17-9-12(11)10-19-14-5-3-2-4-13(14)18-15(19)8-16/h2-7,9H,8,10H2,1H3. The van der Waals surface area contributed by atoms with Crippen LogP contribution in [0.4, 0.5) is 0 Å². The average Bonchev–Trinajstić information content (AvgIpc) is 2.79. The Bertz CT molecular complexity index is 718. The van der Waals surface area contributed by atoms with Crippen LogP contribution in [0.5, 0.6) is 0 Å². The van der Waals surface area contributed by atoms with Crippen LogP contribution in [0.2, 0.25) is 0 Å². The third kappa shape index (κ3) is 2.22. The van der Waals surface area contributed by atoms with E-state index in [0.717, 1.165) is 23.4 Å². The van der Waals surface area contributed by atoms with Crippen molar-refractivity contribution in [2.75, 3.05) is 0 Å². The third-order valence-electron chi connectivity index (χ3n) is 3.33. The molecule has 0 amide bonds. The predicted octanol–water partition coefficient (Wildman–Crippen LogP) is 3.53. The zero-order chi connectivity index (χ0) is 13.2. The Labute approximate surface area is 116 Å². The van der Waals surface area contributed by atoms with Crippen LogP contribution in [0.1, 0.15) is 17.0 Å². The molecule has 96 valence electrons. The Hall–Kier alpha value is -1.87. The molecular formula is C15H14ClN3. The van der Waals surface area contributed by atoms with Crippen molar-refractivity contribution in [3.05, 3.63) is 59.7 Å².